The molecule has 0 aliphatic carbocycles. The number of aryl methyl sites for hydroxylation is 2. The quantitative estimate of drug-likeness (QED) is 0.894. The molecular weight excluding hydrogens is 241 g/mol. The fourth-order valence-corrected chi connectivity index (χ4v) is 1.95. The Balaban J connectivity index is 2.34. The Morgan fingerprint density at radius 3 is 2.26 bits per heavy atom. The van der Waals surface area contributed by atoms with Crippen LogP contribution in [-0.2, 0) is 0 Å². The van der Waals surface area contributed by atoms with Gasteiger partial charge in [0, 0.05) is 6.04 Å². The maximum absolute atomic E-state index is 14.0. The lowest BCUT2D eigenvalue weighted by Gasteiger charge is -2.13. The molecule has 2 aromatic rings. The minimum atomic E-state index is -0.391. The maximum Gasteiger partial charge on any atom is 0.166 e. The Labute approximate surface area is 113 Å². The third kappa shape index (κ3) is 2.93. The number of benzene rings is 2. The van der Waals surface area contributed by atoms with Crippen LogP contribution in [0.5, 0.6) is 11.5 Å². The van der Waals surface area contributed by atoms with Crippen LogP contribution in [0.1, 0.15) is 29.7 Å². The summed E-state index contributed by atoms with van der Waals surface area (Å²) in [5.74, 6) is 0.536. The zero-order valence-corrected chi connectivity index (χ0v) is 11.4. The van der Waals surface area contributed by atoms with Crippen LogP contribution < -0.4 is 10.5 Å². The van der Waals surface area contributed by atoms with Crippen LogP contribution in [0.2, 0.25) is 0 Å². The Bertz CT molecular complexity index is 573. The van der Waals surface area contributed by atoms with Crippen molar-refractivity contribution in [1.29, 1.82) is 0 Å². The zero-order valence-electron chi connectivity index (χ0n) is 11.4. The van der Waals surface area contributed by atoms with Gasteiger partial charge >= 0.3 is 0 Å². The average molecular weight is 259 g/mol. The molecule has 2 aromatic carbocycles. The van der Waals surface area contributed by atoms with Crippen LogP contribution in [0.4, 0.5) is 4.39 Å². The molecule has 1 atom stereocenters. The fourth-order valence-electron chi connectivity index (χ4n) is 1.95. The monoisotopic (exact) mass is 259 g/mol. The minimum absolute atomic E-state index is 0.191. The normalized spacial score (nSPS) is 12.3. The summed E-state index contributed by atoms with van der Waals surface area (Å²) in [4.78, 5) is 0. The van der Waals surface area contributed by atoms with E-state index >= 15 is 0 Å². The van der Waals surface area contributed by atoms with E-state index in [0.29, 0.717) is 5.75 Å². The van der Waals surface area contributed by atoms with Gasteiger partial charge in [-0.2, -0.15) is 0 Å². The van der Waals surface area contributed by atoms with Crippen LogP contribution in [0, 0.1) is 19.7 Å². The molecule has 0 radical (unpaired) electrons. The van der Waals surface area contributed by atoms with Gasteiger partial charge in [0.25, 0.3) is 0 Å². The lowest BCUT2D eigenvalue weighted by atomic mass is 10.1. The number of rotatable bonds is 3. The van der Waals surface area contributed by atoms with Crippen LogP contribution in [-0.4, -0.2) is 0 Å². The van der Waals surface area contributed by atoms with Crippen molar-refractivity contribution in [2.45, 2.75) is 26.8 Å². The number of ether oxygens (including phenoxy) is 1. The van der Waals surface area contributed by atoms with Crippen molar-refractivity contribution in [3.8, 4) is 11.5 Å². The lowest BCUT2D eigenvalue weighted by Crippen LogP contribution is -2.05. The highest BCUT2D eigenvalue weighted by atomic mass is 19.1. The van der Waals surface area contributed by atoms with Crippen molar-refractivity contribution >= 4 is 0 Å². The zero-order chi connectivity index (χ0) is 14.0. The first-order valence-corrected chi connectivity index (χ1v) is 6.28. The van der Waals surface area contributed by atoms with Gasteiger partial charge in [0.15, 0.2) is 11.6 Å². The summed E-state index contributed by atoms with van der Waals surface area (Å²) in [5.41, 5.74) is 8.45. The number of hydrogen-bond donors (Lipinski definition) is 1. The van der Waals surface area contributed by atoms with E-state index in [2.05, 4.69) is 0 Å². The first kappa shape index (κ1) is 13.6. The van der Waals surface area contributed by atoms with E-state index < -0.39 is 5.82 Å². The van der Waals surface area contributed by atoms with Gasteiger partial charge in [-0.3, -0.25) is 0 Å². The van der Waals surface area contributed by atoms with Crippen LogP contribution in [0.15, 0.2) is 36.4 Å². The van der Waals surface area contributed by atoms with Crippen molar-refractivity contribution in [3.05, 3.63) is 58.9 Å². The lowest BCUT2D eigenvalue weighted by molar-refractivity contribution is 0.436. The predicted molar refractivity (Wildman–Crippen MR) is 75.0 cm³/mol. The summed E-state index contributed by atoms with van der Waals surface area (Å²) < 4.78 is 19.7. The topological polar surface area (TPSA) is 35.2 Å². The highest BCUT2D eigenvalue weighted by Crippen LogP contribution is 2.31. The van der Waals surface area contributed by atoms with E-state index in [-0.39, 0.29) is 11.8 Å². The molecule has 100 valence electrons. The molecule has 2 N–H and O–H groups in total. The molecule has 0 amide bonds. The van der Waals surface area contributed by atoms with Gasteiger partial charge in [-0.25, -0.2) is 4.39 Å². The number of nitrogens with two attached hydrogens (primary N) is 1. The molecule has 0 saturated heterocycles. The summed E-state index contributed by atoms with van der Waals surface area (Å²) in [5, 5.41) is 0. The van der Waals surface area contributed by atoms with Crippen molar-refractivity contribution in [2.75, 3.05) is 0 Å². The summed E-state index contributed by atoms with van der Waals surface area (Å²) in [7, 11) is 0. The van der Waals surface area contributed by atoms with Gasteiger partial charge in [-0.15, -0.1) is 0 Å². The van der Waals surface area contributed by atoms with Gasteiger partial charge in [-0.05, 0) is 49.6 Å². The summed E-state index contributed by atoms with van der Waals surface area (Å²) in [6.07, 6.45) is 0. The Hall–Kier alpha value is -1.87. The third-order valence-corrected chi connectivity index (χ3v) is 3.10. The predicted octanol–water partition coefficient (Wildman–Crippen LogP) is 4.25. The largest absolute Gasteiger partial charge is 0.454 e. The molecule has 2 nitrogen and oxygen atoms in total. The first-order valence-electron chi connectivity index (χ1n) is 6.28. The Morgan fingerprint density at radius 1 is 1.11 bits per heavy atom. The van der Waals surface area contributed by atoms with Gasteiger partial charge in [0.2, 0.25) is 0 Å². The average Bonchev–Trinajstić information content (AvgIpc) is 2.35. The number of hydrogen-bond acceptors (Lipinski definition) is 2. The summed E-state index contributed by atoms with van der Waals surface area (Å²) in [6.45, 7) is 5.70. The van der Waals surface area contributed by atoms with Crippen molar-refractivity contribution in [1.82, 2.24) is 0 Å². The minimum Gasteiger partial charge on any atom is -0.454 e. The van der Waals surface area contributed by atoms with Gasteiger partial charge in [-0.1, -0.05) is 24.3 Å². The molecule has 0 saturated carbocycles. The summed E-state index contributed by atoms with van der Waals surface area (Å²) >= 11 is 0. The van der Waals surface area contributed by atoms with Crippen molar-refractivity contribution in [3.63, 3.8) is 0 Å². The van der Waals surface area contributed by atoms with Crippen LogP contribution in [0.25, 0.3) is 0 Å². The highest BCUT2D eigenvalue weighted by Gasteiger charge is 2.10. The molecule has 0 heterocycles. The molecule has 0 spiro atoms. The van der Waals surface area contributed by atoms with Gasteiger partial charge in [0.05, 0.1) is 0 Å². The highest BCUT2D eigenvalue weighted by molar-refractivity contribution is 5.43. The van der Waals surface area contributed by atoms with E-state index in [4.69, 9.17) is 10.5 Å². The van der Waals surface area contributed by atoms with E-state index in [1.165, 1.54) is 6.07 Å². The molecule has 0 aliphatic rings. The Morgan fingerprint density at radius 2 is 1.74 bits per heavy atom. The first-order chi connectivity index (χ1) is 8.99. The smallest absolute Gasteiger partial charge is 0.166 e. The standard InChI is InChI=1S/C16H18FNO/c1-10-5-4-6-11(2)16(10)19-15-8-7-13(12(3)18)9-14(15)17/h4-9,12H,18H2,1-3H3. The molecule has 3 heteroatoms. The number of para-hydroxylation sites is 1. The molecule has 19 heavy (non-hydrogen) atoms. The Kier molecular flexibility index (Phi) is 3.86. The second-order valence-corrected chi connectivity index (χ2v) is 4.80. The van der Waals surface area contributed by atoms with Gasteiger partial charge < -0.3 is 10.5 Å². The second kappa shape index (κ2) is 5.41. The van der Waals surface area contributed by atoms with Crippen molar-refractivity contribution < 1.29 is 9.13 Å². The molecule has 0 fully saturated rings. The molecular formula is C16H18FNO. The molecule has 0 aromatic heterocycles. The second-order valence-electron chi connectivity index (χ2n) is 4.80. The van der Waals surface area contributed by atoms with Crippen LogP contribution in [0.3, 0.4) is 0 Å². The third-order valence-electron chi connectivity index (χ3n) is 3.10. The van der Waals surface area contributed by atoms with Crippen molar-refractivity contribution in [2.24, 2.45) is 5.73 Å². The molecule has 2 rings (SSSR count). The maximum atomic E-state index is 14.0. The molecule has 0 bridgehead atoms. The SMILES string of the molecule is Cc1cccc(C)c1Oc1ccc(C(C)N)cc1F. The fraction of sp³-hybridized carbons (Fsp3) is 0.250. The summed E-state index contributed by atoms with van der Waals surface area (Å²) in [6, 6.07) is 10.5. The van der Waals surface area contributed by atoms with E-state index in [9.17, 15) is 4.39 Å². The molecule has 1 unspecified atom stereocenters. The van der Waals surface area contributed by atoms with Gasteiger partial charge in [0.1, 0.15) is 5.75 Å². The van der Waals surface area contributed by atoms with E-state index in [1.807, 2.05) is 39.0 Å². The van der Waals surface area contributed by atoms with Crippen LogP contribution >= 0.6 is 0 Å². The number of halogens is 1. The molecule has 0 aliphatic heterocycles. The van der Waals surface area contributed by atoms with E-state index in [1.54, 1.807) is 12.1 Å². The van der Waals surface area contributed by atoms with E-state index in [0.717, 1.165) is 16.7 Å².